The van der Waals surface area contributed by atoms with Crippen molar-refractivity contribution in [3.05, 3.63) is 24.3 Å². The van der Waals surface area contributed by atoms with Crippen molar-refractivity contribution in [3.63, 3.8) is 0 Å². The lowest BCUT2D eigenvalue weighted by Gasteiger charge is -2.36. The van der Waals surface area contributed by atoms with Crippen LogP contribution in [-0.4, -0.2) is 24.6 Å². The Bertz CT molecular complexity index is 578. The van der Waals surface area contributed by atoms with Gasteiger partial charge in [-0.3, -0.25) is 9.59 Å². The number of hydrogen-bond acceptors (Lipinski definition) is 4. The molecule has 1 unspecified atom stereocenters. The molecule has 5 nitrogen and oxygen atoms in total. The van der Waals surface area contributed by atoms with E-state index in [1.54, 1.807) is 13.2 Å². The third-order valence-corrected chi connectivity index (χ3v) is 4.68. The lowest BCUT2D eigenvalue weighted by molar-refractivity contribution is -0.153. The van der Waals surface area contributed by atoms with Gasteiger partial charge in [0.2, 0.25) is 5.91 Å². The van der Waals surface area contributed by atoms with Crippen molar-refractivity contribution in [2.24, 2.45) is 5.92 Å². The zero-order valence-corrected chi connectivity index (χ0v) is 12.8. The molecule has 2 fully saturated rings. The van der Waals surface area contributed by atoms with E-state index in [2.05, 4.69) is 5.32 Å². The molecule has 1 N–H and O–H groups in total. The van der Waals surface area contributed by atoms with Gasteiger partial charge in [-0.05, 0) is 37.8 Å². The number of rotatable bonds is 3. The van der Waals surface area contributed by atoms with Crippen molar-refractivity contribution in [3.8, 4) is 5.75 Å². The summed E-state index contributed by atoms with van der Waals surface area (Å²) in [7, 11) is 1.58. The molecule has 1 spiro atoms. The van der Waals surface area contributed by atoms with E-state index in [-0.39, 0.29) is 18.3 Å². The van der Waals surface area contributed by atoms with Crippen LogP contribution < -0.4 is 10.1 Å². The van der Waals surface area contributed by atoms with Gasteiger partial charge in [-0.1, -0.05) is 12.5 Å². The Hall–Kier alpha value is -2.04. The minimum Gasteiger partial charge on any atom is -0.497 e. The predicted octanol–water partition coefficient (Wildman–Crippen LogP) is 2.90. The molecule has 1 atom stereocenters. The molecule has 0 aromatic heterocycles. The van der Waals surface area contributed by atoms with Crippen molar-refractivity contribution >= 4 is 17.6 Å². The molecule has 1 aromatic rings. The van der Waals surface area contributed by atoms with Gasteiger partial charge in [0, 0.05) is 11.8 Å². The standard InChI is InChI=1S/C17H21NO4/c1-21-13-7-5-6-12(10-13)18-16(20)14-11-15(19)22-17(14)8-3-2-4-9-17/h5-7,10,14H,2-4,8-9,11H2,1H3,(H,18,20). The van der Waals surface area contributed by atoms with Gasteiger partial charge in [-0.2, -0.15) is 0 Å². The highest BCUT2D eigenvalue weighted by Crippen LogP contribution is 2.44. The van der Waals surface area contributed by atoms with Gasteiger partial charge in [0.15, 0.2) is 0 Å². The lowest BCUT2D eigenvalue weighted by atomic mass is 9.75. The van der Waals surface area contributed by atoms with E-state index in [1.165, 1.54) is 0 Å². The summed E-state index contributed by atoms with van der Waals surface area (Å²) in [6.07, 6.45) is 4.91. The van der Waals surface area contributed by atoms with E-state index in [9.17, 15) is 9.59 Å². The number of anilines is 1. The van der Waals surface area contributed by atoms with Crippen molar-refractivity contribution in [1.82, 2.24) is 0 Å². The molecular weight excluding hydrogens is 282 g/mol. The number of benzene rings is 1. The summed E-state index contributed by atoms with van der Waals surface area (Å²) in [6.45, 7) is 0. The Balaban J connectivity index is 1.76. The van der Waals surface area contributed by atoms with Crippen LogP contribution in [0.25, 0.3) is 0 Å². The van der Waals surface area contributed by atoms with E-state index in [4.69, 9.17) is 9.47 Å². The van der Waals surface area contributed by atoms with Crippen molar-refractivity contribution in [2.75, 3.05) is 12.4 Å². The highest BCUT2D eigenvalue weighted by Gasteiger charge is 2.52. The van der Waals surface area contributed by atoms with Crippen LogP contribution in [0.3, 0.4) is 0 Å². The van der Waals surface area contributed by atoms with Crippen LogP contribution in [0.4, 0.5) is 5.69 Å². The Morgan fingerprint density at radius 1 is 1.32 bits per heavy atom. The molecule has 1 amide bonds. The predicted molar refractivity (Wildman–Crippen MR) is 81.6 cm³/mol. The molecule has 0 radical (unpaired) electrons. The second-order valence-electron chi connectivity index (χ2n) is 6.08. The number of carbonyl (C=O) groups excluding carboxylic acids is 2. The first kappa shape index (κ1) is 14.9. The molecule has 3 rings (SSSR count). The number of esters is 1. The quantitative estimate of drug-likeness (QED) is 0.872. The van der Waals surface area contributed by atoms with E-state index in [1.807, 2.05) is 18.2 Å². The summed E-state index contributed by atoms with van der Waals surface area (Å²) in [6, 6.07) is 7.22. The first-order valence-electron chi connectivity index (χ1n) is 7.80. The Kier molecular flexibility index (Phi) is 4.05. The molecule has 2 aliphatic rings. The van der Waals surface area contributed by atoms with Crippen LogP contribution in [-0.2, 0) is 14.3 Å². The summed E-state index contributed by atoms with van der Waals surface area (Å²) < 4.78 is 10.7. The fourth-order valence-corrected chi connectivity index (χ4v) is 3.55. The zero-order chi connectivity index (χ0) is 15.6. The Morgan fingerprint density at radius 2 is 2.09 bits per heavy atom. The van der Waals surface area contributed by atoms with Gasteiger partial charge in [0.05, 0.1) is 19.4 Å². The number of methoxy groups -OCH3 is 1. The molecule has 1 aliphatic heterocycles. The third kappa shape index (κ3) is 2.80. The van der Waals surface area contributed by atoms with Crippen LogP contribution in [0.1, 0.15) is 38.5 Å². The summed E-state index contributed by atoms with van der Waals surface area (Å²) in [5.41, 5.74) is 0.0906. The Morgan fingerprint density at radius 3 is 2.82 bits per heavy atom. The number of carbonyl (C=O) groups is 2. The molecule has 22 heavy (non-hydrogen) atoms. The average molecular weight is 303 g/mol. The van der Waals surface area contributed by atoms with E-state index >= 15 is 0 Å². The maximum absolute atomic E-state index is 12.6. The Labute approximate surface area is 130 Å². The first-order chi connectivity index (χ1) is 10.6. The molecule has 1 saturated heterocycles. The highest BCUT2D eigenvalue weighted by atomic mass is 16.6. The van der Waals surface area contributed by atoms with E-state index in [0.717, 1.165) is 32.1 Å². The fourth-order valence-electron chi connectivity index (χ4n) is 3.55. The second kappa shape index (κ2) is 5.99. The smallest absolute Gasteiger partial charge is 0.307 e. The van der Waals surface area contributed by atoms with Crippen LogP contribution in [0.5, 0.6) is 5.75 Å². The van der Waals surface area contributed by atoms with E-state index in [0.29, 0.717) is 11.4 Å². The van der Waals surface area contributed by atoms with Crippen molar-refractivity contribution < 1.29 is 19.1 Å². The molecule has 0 bridgehead atoms. The van der Waals surface area contributed by atoms with Crippen LogP contribution >= 0.6 is 0 Å². The van der Waals surface area contributed by atoms with Gasteiger partial charge < -0.3 is 14.8 Å². The van der Waals surface area contributed by atoms with Gasteiger partial charge >= 0.3 is 5.97 Å². The lowest BCUT2D eigenvalue weighted by Crippen LogP contribution is -2.43. The maximum atomic E-state index is 12.6. The molecule has 118 valence electrons. The van der Waals surface area contributed by atoms with Crippen LogP contribution in [0.15, 0.2) is 24.3 Å². The third-order valence-electron chi connectivity index (χ3n) is 4.68. The largest absolute Gasteiger partial charge is 0.497 e. The minimum absolute atomic E-state index is 0.138. The normalized spacial score (nSPS) is 23.1. The van der Waals surface area contributed by atoms with Gasteiger partial charge in [0.25, 0.3) is 0 Å². The van der Waals surface area contributed by atoms with Crippen LogP contribution in [0, 0.1) is 5.92 Å². The summed E-state index contributed by atoms with van der Waals surface area (Å²) >= 11 is 0. The van der Waals surface area contributed by atoms with Crippen LogP contribution in [0.2, 0.25) is 0 Å². The van der Waals surface area contributed by atoms with Crippen molar-refractivity contribution in [1.29, 1.82) is 0 Å². The molecule has 5 heteroatoms. The topological polar surface area (TPSA) is 64.6 Å². The van der Waals surface area contributed by atoms with Gasteiger partial charge in [-0.25, -0.2) is 0 Å². The number of nitrogens with one attached hydrogen (secondary N) is 1. The molecule has 1 aliphatic carbocycles. The first-order valence-corrected chi connectivity index (χ1v) is 7.80. The van der Waals surface area contributed by atoms with Gasteiger partial charge in [-0.15, -0.1) is 0 Å². The molecule has 1 heterocycles. The monoisotopic (exact) mass is 303 g/mol. The summed E-state index contributed by atoms with van der Waals surface area (Å²) in [5, 5.41) is 2.90. The zero-order valence-electron chi connectivity index (χ0n) is 12.8. The molecular formula is C17H21NO4. The minimum atomic E-state index is -0.585. The molecule has 1 saturated carbocycles. The summed E-state index contributed by atoms with van der Waals surface area (Å²) in [5.74, 6) is -0.107. The SMILES string of the molecule is COc1cccc(NC(=O)C2CC(=O)OC23CCCCC3)c1. The van der Waals surface area contributed by atoms with E-state index < -0.39 is 11.5 Å². The second-order valence-corrected chi connectivity index (χ2v) is 6.08. The molecule has 1 aromatic carbocycles. The van der Waals surface area contributed by atoms with Crippen molar-refractivity contribution in [2.45, 2.75) is 44.1 Å². The summed E-state index contributed by atoms with van der Waals surface area (Å²) in [4.78, 5) is 24.4. The van der Waals surface area contributed by atoms with Gasteiger partial charge in [0.1, 0.15) is 11.4 Å². The number of hydrogen-bond donors (Lipinski definition) is 1. The average Bonchev–Trinajstić information content (AvgIpc) is 2.84. The number of amides is 1. The number of ether oxygens (including phenoxy) is 2. The highest BCUT2D eigenvalue weighted by molar-refractivity contribution is 5.97. The fraction of sp³-hybridized carbons (Fsp3) is 0.529. The maximum Gasteiger partial charge on any atom is 0.307 e.